The van der Waals surface area contributed by atoms with Crippen LogP contribution >= 0.6 is 0 Å². The smallest absolute Gasteiger partial charge is 0.407 e. The van der Waals surface area contributed by atoms with E-state index in [1.807, 2.05) is 33.9 Å². The van der Waals surface area contributed by atoms with E-state index in [1.54, 1.807) is 0 Å². The number of aromatic nitrogens is 1. The number of carboxylic acid groups (broad SMARTS) is 1. The number of nitrogens with one attached hydrogen (secondary N) is 1. The maximum absolute atomic E-state index is 12.8. The first-order valence-corrected chi connectivity index (χ1v) is 9.89. The summed E-state index contributed by atoms with van der Waals surface area (Å²) in [4.78, 5) is 17.2. The molecule has 1 aliphatic carbocycles. The zero-order valence-electron chi connectivity index (χ0n) is 15.3. The van der Waals surface area contributed by atoms with Crippen LogP contribution in [0.3, 0.4) is 0 Å². The number of likely N-dealkylation sites (tertiary alicyclic amines) is 1. The van der Waals surface area contributed by atoms with Crippen molar-refractivity contribution in [3.63, 3.8) is 0 Å². The average molecular weight is 365 g/mol. The van der Waals surface area contributed by atoms with Gasteiger partial charge in [0.1, 0.15) is 4.75 Å². The zero-order valence-corrected chi connectivity index (χ0v) is 16.2. The molecule has 1 fully saturated rings. The quantitative estimate of drug-likeness (QED) is 0.787. The van der Waals surface area contributed by atoms with Crippen molar-refractivity contribution in [3.8, 4) is 0 Å². The molecule has 2 aliphatic rings. The van der Waals surface area contributed by atoms with E-state index in [2.05, 4.69) is 15.8 Å². The second-order valence-corrected chi connectivity index (χ2v) is 10.3. The van der Waals surface area contributed by atoms with Gasteiger partial charge in [0.25, 0.3) is 0 Å². The molecule has 25 heavy (non-hydrogen) atoms. The summed E-state index contributed by atoms with van der Waals surface area (Å²) in [7, 11) is 0. The van der Waals surface area contributed by atoms with E-state index in [0.29, 0.717) is 13.1 Å². The van der Waals surface area contributed by atoms with Crippen LogP contribution in [0.2, 0.25) is 0 Å². The van der Waals surface area contributed by atoms with Crippen LogP contribution in [0.25, 0.3) is 0 Å². The fraction of sp³-hybridized carbons (Fsp3) is 0.667. The van der Waals surface area contributed by atoms with Gasteiger partial charge in [-0.05, 0) is 64.2 Å². The van der Waals surface area contributed by atoms with Crippen LogP contribution in [0.4, 0.5) is 4.79 Å². The van der Waals surface area contributed by atoms with E-state index in [-0.39, 0.29) is 16.2 Å². The summed E-state index contributed by atoms with van der Waals surface area (Å²) >= 11 is -1.19. The Morgan fingerprint density at radius 1 is 1.44 bits per heavy atom. The number of nitrogens with zero attached hydrogens (tertiary/aromatic N) is 2. The first-order valence-electron chi connectivity index (χ1n) is 8.74. The molecule has 7 heteroatoms. The molecule has 0 saturated carbocycles. The van der Waals surface area contributed by atoms with E-state index in [0.717, 1.165) is 30.5 Å². The van der Waals surface area contributed by atoms with Gasteiger partial charge >= 0.3 is 6.09 Å². The number of pyridine rings is 1. The highest BCUT2D eigenvalue weighted by molar-refractivity contribution is 7.90. The van der Waals surface area contributed by atoms with E-state index < -0.39 is 17.5 Å². The first-order chi connectivity index (χ1) is 11.6. The number of piperidine rings is 1. The minimum Gasteiger partial charge on any atom is -0.598 e. The maximum atomic E-state index is 12.8. The Hall–Kier alpha value is -1.31. The van der Waals surface area contributed by atoms with Crippen LogP contribution in [0, 0.1) is 12.3 Å². The van der Waals surface area contributed by atoms with Crippen LogP contribution in [0.15, 0.2) is 12.3 Å². The van der Waals surface area contributed by atoms with E-state index >= 15 is 0 Å². The average Bonchev–Trinajstić information content (AvgIpc) is 2.79. The monoisotopic (exact) mass is 365 g/mol. The highest BCUT2D eigenvalue weighted by atomic mass is 32.2. The van der Waals surface area contributed by atoms with E-state index in [1.165, 1.54) is 10.5 Å². The van der Waals surface area contributed by atoms with Gasteiger partial charge in [0.2, 0.25) is 0 Å². The Bertz CT molecular complexity index is 666. The number of amides is 1. The van der Waals surface area contributed by atoms with Crippen molar-refractivity contribution in [1.29, 1.82) is 0 Å². The molecule has 1 aliphatic heterocycles. The second kappa shape index (κ2) is 6.45. The summed E-state index contributed by atoms with van der Waals surface area (Å²) in [6.45, 7) is 8.90. The van der Waals surface area contributed by atoms with Gasteiger partial charge in [0.15, 0.2) is 0 Å². The topological polar surface area (TPSA) is 88.5 Å². The van der Waals surface area contributed by atoms with Crippen molar-refractivity contribution in [2.24, 2.45) is 5.41 Å². The summed E-state index contributed by atoms with van der Waals surface area (Å²) in [5, 5.41) is 9.25. The molecule has 1 saturated heterocycles. The van der Waals surface area contributed by atoms with Crippen LogP contribution in [-0.4, -0.2) is 43.5 Å². The lowest BCUT2D eigenvalue weighted by Crippen LogP contribution is -2.50. The fourth-order valence-corrected chi connectivity index (χ4v) is 4.88. The lowest BCUT2D eigenvalue weighted by molar-refractivity contribution is 0.0764. The van der Waals surface area contributed by atoms with Gasteiger partial charge in [-0.2, -0.15) is 0 Å². The fourth-order valence-electron chi connectivity index (χ4n) is 3.93. The zero-order chi connectivity index (χ0) is 18.4. The number of hydrogen-bond donors (Lipinski definition) is 2. The summed E-state index contributed by atoms with van der Waals surface area (Å²) < 4.78 is 15.8. The highest BCUT2D eigenvalue weighted by Crippen LogP contribution is 2.52. The highest BCUT2D eigenvalue weighted by Gasteiger charge is 2.51. The van der Waals surface area contributed by atoms with Crippen molar-refractivity contribution in [2.75, 3.05) is 13.1 Å². The Labute approximate surface area is 152 Å². The summed E-state index contributed by atoms with van der Waals surface area (Å²) in [5.41, 5.74) is 3.26. The van der Waals surface area contributed by atoms with E-state index in [9.17, 15) is 14.5 Å². The van der Waals surface area contributed by atoms with Crippen molar-refractivity contribution < 1.29 is 14.5 Å². The van der Waals surface area contributed by atoms with Gasteiger partial charge in [-0.1, -0.05) is 0 Å². The summed E-state index contributed by atoms with van der Waals surface area (Å²) in [6, 6.07) is 2.06. The van der Waals surface area contributed by atoms with Crippen LogP contribution in [0.5, 0.6) is 0 Å². The Balaban J connectivity index is 1.90. The largest absolute Gasteiger partial charge is 0.598 e. The molecule has 2 heterocycles. The Kier molecular flexibility index (Phi) is 4.77. The predicted octanol–water partition coefficient (Wildman–Crippen LogP) is 2.80. The van der Waals surface area contributed by atoms with Crippen molar-refractivity contribution in [1.82, 2.24) is 14.6 Å². The maximum Gasteiger partial charge on any atom is 0.407 e. The second-order valence-electron chi connectivity index (χ2n) is 8.27. The van der Waals surface area contributed by atoms with E-state index in [4.69, 9.17) is 0 Å². The van der Waals surface area contributed by atoms with Gasteiger partial charge in [0, 0.05) is 41.8 Å². The molecule has 1 amide bonds. The predicted molar refractivity (Wildman–Crippen MR) is 97.7 cm³/mol. The SMILES string of the molecule is Cc1cc2c(cn1)[C@@H](N[S+]([O-])C(C)(C)C)C1(CCN(C(=O)O)CC1)C2. The molecule has 6 nitrogen and oxygen atoms in total. The van der Waals surface area contributed by atoms with Gasteiger partial charge in [-0.25, -0.2) is 4.79 Å². The van der Waals surface area contributed by atoms with Gasteiger partial charge in [-0.3, -0.25) is 4.98 Å². The van der Waals surface area contributed by atoms with Crippen molar-refractivity contribution >= 4 is 17.5 Å². The minimum atomic E-state index is -1.19. The van der Waals surface area contributed by atoms with Crippen molar-refractivity contribution in [3.05, 3.63) is 29.1 Å². The number of carbonyl (C=O) groups is 1. The molecular formula is C18H27N3O3S. The third kappa shape index (κ3) is 3.50. The third-order valence-electron chi connectivity index (χ3n) is 5.44. The van der Waals surface area contributed by atoms with Crippen LogP contribution in [-0.2, 0) is 17.8 Å². The molecule has 1 aromatic rings. The molecule has 0 aromatic carbocycles. The lowest BCUT2D eigenvalue weighted by atomic mass is 9.73. The molecule has 0 radical (unpaired) electrons. The molecule has 2 atom stereocenters. The van der Waals surface area contributed by atoms with Crippen LogP contribution < -0.4 is 4.72 Å². The Morgan fingerprint density at radius 3 is 2.64 bits per heavy atom. The number of hydrogen-bond acceptors (Lipinski definition) is 4. The standard InChI is InChI=1S/C18H27N3O3S/c1-12-9-13-10-18(5-7-21(8-6-18)16(22)23)15(14(13)11-19-12)20-25(24)17(2,3)4/h9,11,15,20H,5-8,10H2,1-4H3,(H,22,23)/t15-,25?/m1/s1. The van der Waals surface area contributed by atoms with Crippen LogP contribution in [0.1, 0.15) is 56.5 Å². The molecule has 0 bridgehead atoms. The number of aryl methyl sites for hydroxylation is 1. The van der Waals surface area contributed by atoms with Crippen molar-refractivity contribution in [2.45, 2.75) is 57.7 Å². The van der Waals surface area contributed by atoms with Gasteiger partial charge in [-0.15, -0.1) is 4.72 Å². The lowest BCUT2D eigenvalue weighted by Gasteiger charge is -2.43. The third-order valence-corrected chi connectivity index (χ3v) is 7.00. The molecule has 3 rings (SSSR count). The molecule has 1 aromatic heterocycles. The minimum absolute atomic E-state index is 0.0494. The molecule has 138 valence electrons. The van der Waals surface area contributed by atoms with Gasteiger partial charge < -0.3 is 14.6 Å². The normalized spacial score (nSPS) is 23.6. The molecule has 1 unspecified atom stereocenters. The first kappa shape index (κ1) is 18.5. The Morgan fingerprint density at radius 2 is 2.08 bits per heavy atom. The summed E-state index contributed by atoms with van der Waals surface area (Å²) in [6.07, 6.45) is 3.47. The summed E-state index contributed by atoms with van der Waals surface area (Å²) in [5.74, 6) is 0. The number of rotatable bonds is 2. The molecule has 1 spiro atoms. The van der Waals surface area contributed by atoms with Gasteiger partial charge in [0.05, 0.1) is 6.04 Å². The molecular weight excluding hydrogens is 338 g/mol. The molecule has 2 N–H and O–H groups in total. The number of fused-ring (bicyclic) bond motifs is 1.